The number of aromatic nitrogens is 1. The first kappa shape index (κ1) is 27.4. The number of pyridine rings is 1. The van der Waals surface area contributed by atoms with E-state index in [-0.39, 0.29) is 18.1 Å². The highest BCUT2D eigenvalue weighted by Gasteiger charge is 2.42. The van der Waals surface area contributed by atoms with Crippen LogP contribution in [-0.4, -0.2) is 66.5 Å². The third-order valence-corrected chi connectivity index (χ3v) is 9.01. The predicted octanol–water partition coefficient (Wildman–Crippen LogP) is 5.44. The van der Waals surface area contributed by atoms with Gasteiger partial charge in [0.1, 0.15) is 34.9 Å². The number of benzene rings is 2. The fraction of sp³-hybridized carbons (Fsp3) is 0.382. The first-order valence-electron chi connectivity index (χ1n) is 14.8. The lowest BCUT2D eigenvalue weighted by Gasteiger charge is -2.23. The number of likely N-dealkylation sites (tertiary alicyclic amines) is 1. The highest BCUT2D eigenvalue weighted by Crippen LogP contribution is 2.41. The van der Waals surface area contributed by atoms with Crippen molar-refractivity contribution in [2.45, 2.75) is 37.9 Å². The maximum absolute atomic E-state index is 13.3. The molecule has 9 nitrogen and oxygen atoms in total. The van der Waals surface area contributed by atoms with Crippen LogP contribution in [-0.2, 0) is 4.74 Å². The van der Waals surface area contributed by atoms with E-state index in [1.807, 2.05) is 41.3 Å². The molecule has 0 radical (unpaired) electrons. The van der Waals surface area contributed by atoms with E-state index in [1.54, 1.807) is 25.4 Å². The van der Waals surface area contributed by atoms with Gasteiger partial charge in [-0.1, -0.05) is 6.07 Å². The molecule has 0 spiro atoms. The van der Waals surface area contributed by atoms with E-state index < -0.39 is 0 Å². The molecule has 0 bridgehead atoms. The molecular weight excluding hydrogens is 546 g/mol. The molecular formula is C34H33N3O6. The van der Waals surface area contributed by atoms with Crippen LogP contribution in [0.1, 0.15) is 41.6 Å². The fourth-order valence-electron chi connectivity index (χ4n) is 6.80. The van der Waals surface area contributed by atoms with E-state index in [2.05, 4.69) is 11.1 Å². The molecule has 43 heavy (non-hydrogen) atoms. The Morgan fingerprint density at radius 3 is 2.56 bits per heavy atom. The van der Waals surface area contributed by atoms with Crippen molar-refractivity contribution in [3.05, 3.63) is 65.9 Å². The minimum absolute atomic E-state index is 0.0279. The van der Waals surface area contributed by atoms with E-state index in [9.17, 15) is 15.2 Å². The third kappa shape index (κ3) is 5.22. The Labute approximate surface area is 249 Å². The van der Waals surface area contributed by atoms with Gasteiger partial charge in [0, 0.05) is 49.3 Å². The van der Waals surface area contributed by atoms with Crippen molar-refractivity contribution in [2.24, 2.45) is 11.8 Å². The Balaban J connectivity index is 1.16. The number of carbonyl (C=O) groups excluding carboxylic acids is 1. The molecule has 2 aliphatic heterocycles. The van der Waals surface area contributed by atoms with Crippen LogP contribution in [0.2, 0.25) is 0 Å². The minimum Gasteiger partial charge on any atom is -0.496 e. The van der Waals surface area contributed by atoms with Crippen LogP contribution in [0.25, 0.3) is 33.6 Å². The van der Waals surface area contributed by atoms with Gasteiger partial charge in [0.15, 0.2) is 5.58 Å². The number of aliphatic hydroxyl groups excluding tert-OH is 1. The predicted molar refractivity (Wildman–Crippen MR) is 159 cm³/mol. The van der Waals surface area contributed by atoms with Crippen molar-refractivity contribution >= 4 is 17.0 Å². The molecule has 7 rings (SSSR count). The number of furan rings is 1. The van der Waals surface area contributed by atoms with Gasteiger partial charge >= 0.3 is 0 Å². The van der Waals surface area contributed by atoms with Crippen LogP contribution in [0.15, 0.2) is 59.1 Å². The van der Waals surface area contributed by atoms with Crippen molar-refractivity contribution < 1.29 is 28.5 Å². The van der Waals surface area contributed by atoms with Crippen molar-refractivity contribution in [1.29, 1.82) is 5.26 Å². The van der Waals surface area contributed by atoms with E-state index in [1.165, 1.54) is 0 Å². The average molecular weight is 580 g/mol. The summed E-state index contributed by atoms with van der Waals surface area (Å²) in [7, 11) is 1.58. The van der Waals surface area contributed by atoms with Gasteiger partial charge in [-0.25, -0.2) is 0 Å². The number of rotatable bonds is 6. The Morgan fingerprint density at radius 2 is 1.81 bits per heavy atom. The summed E-state index contributed by atoms with van der Waals surface area (Å²) in [6, 6.07) is 17.0. The van der Waals surface area contributed by atoms with Crippen LogP contribution in [0.5, 0.6) is 11.5 Å². The number of amides is 1. The molecule has 3 aliphatic rings. The number of nitrogens with zero attached hydrogens (tertiary/aromatic N) is 3. The SMILES string of the molecule is COc1cc(C(=O)N2C[C@H]3C[C@@H](O)C[C@H]3C2)ccc1-c1cc2nccc(-c3ccc(OC4CCOCC4)c(C#N)c3)c2o1. The molecule has 2 saturated heterocycles. The van der Waals surface area contributed by atoms with E-state index in [0.717, 1.165) is 36.8 Å². The molecule has 0 unspecified atom stereocenters. The zero-order chi connectivity index (χ0) is 29.5. The Bertz CT molecular complexity index is 1710. The molecule has 1 N–H and O–H groups in total. The quantitative estimate of drug-likeness (QED) is 0.321. The van der Waals surface area contributed by atoms with Crippen LogP contribution >= 0.6 is 0 Å². The topological polar surface area (TPSA) is 118 Å². The summed E-state index contributed by atoms with van der Waals surface area (Å²) in [6.45, 7) is 2.68. The van der Waals surface area contributed by atoms with Crippen molar-refractivity contribution in [2.75, 3.05) is 33.4 Å². The summed E-state index contributed by atoms with van der Waals surface area (Å²) in [5, 5.41) is 19.8. The van der Waals surface area contributed by atoms with Crippen molar-refractivity contribution in [3.8, 4) is 40.0 Å². The summed E-state index contributed by atoms with van der Waals surface area (Å²) in [6.07, 6.45) is 4.65. The van der Waals surface area contributed by atoms with Gasteiger partial charge in [0.2, 0.25) is 0 Å². The van der Waals surface area contributed by atoms with Gasteiger partial charge in [-0.05, 0) is 66.6 Å². The number of aliphatic hydroxyl groups is 1. The number of carbonyl (C=O) groups is 1. The van der Waals surface area contributed by atoms with Crippen LogP contribution in [0.3, 0.4) is 0 Å². The molecule has 9 heteroatoms. The number of nitriles is 1. The summed E-state index contributed by atoms with van der Waals surface area (Å²) < 4.78 is 23.7. The Kier molecular flexibility index (Phi) is 7.25. The van der Waals surface area contributed by atoms with E-state index in [4.69, 9.17) is 18.6 Å². The summed E-state index contributed by atoms with van der Waals surface area (Å²) in [5.74, 6) is 2.38. The lowest BCUT2D eigenvalue weighted by molar-refractivity contribution is 0.0254. The molecule has 220 valence electrons. The number of hydrogen-bond acceptors (Lipinski definition) is 8. The second kappa shape index (κ2) is 11.4. The van der Waals surface area contributed by atoms with Crippen molar-refractivity contribution in [3.63, 3.8) is 0 Å². The lowest BCUT2D eigenvalue weighted by atomic mass is 10.0. The normalized spacial score (nSPS) is 22.0. The highest BCUT2D eigenvalue weighted by molar-refractivity contribution is 5.97. The van der Waals surface area contributed by atoms with E-state index in [0.29, 0.717) is 83.2 Å². The summed E-state index contributed by atoms with van der Waals surface area (Å²) in [4.78, 5) is 19.8. The van der Waals surface area contributed by atoms with Gasteiger partial charge in [0.05, 0.1) is 37.6 Å². The first-order valence-corrected chi connectivity index (χ1v) is 14.8. The zero-order valence-electron chi connectivity index (χ0n) is 24.0. The number of methoxy groups -OCH3 is 1. The van der Waals surface area contributed by atoms with Crippen LogP contribution in [0, 0.1) is 23.2 Å². The lowest BCUT2D eigenvalue weighted by Crippen LogP contribution is -2.30. The number of hydrogen-bond donors (Lipinski definition) is 1. The maximum Gasteiger partial charge on any atom is 0.254 e. The smallest absolute Gasteiger partial charge is 0.254 e. The van der Waals surface area contributed by atoms with Crippen LogP contribution < -0.4 is 9.47 Å². The molecule has 3 fully saturated rings. The number of ether oxygens (including phenoxy) is 3. The molecule has 1 saturated carbocycles. The van der Waals surface area contributed by atoms with Gasteiger partial charge in [-0.15, -0.1) is 0 Å². The summed E-state index contributed by atoms with van der Waals surface area (Å²) >= 11 is 0. The second-order valence-electron chi connectivity index (χ2n) is 11.7. The average Bonchev–Trinajstić information content (AvgIpc) is 3.74. The summed E-state index contributed by atoms with van der Waals surface area (Å²) in [5.41, 5.74) is 4.61. The molecule has 1 amide bonds. The van der Waals surface area contributed by atoms with Crippen molar-refractivity contribution in [1.82, 2.24) is 9.88 Å². The highest BCUT2D eigenvalue weighted by atomic mass is 16.5. The first-order chi connectivity index (χ1) is 21.0. The van der Waals surface area contributed by atoms with Gasteiger partial charge < -0.3 is 28.6 Å². The second-order valence-corrected chi connectivity index (χ2v) is 11.7. The Morgan fingerprint density at radius 1 is 1.02 bits per heavy atom. The molecule has 3 atom stereocenters. The zero-order valence-corrected chi connectivity index (χ0v) is 24.0. The standard InChI is InChI=1S/C34H33N3O6/c1-40-31-15-21(34(39)37-18-23-13-25(38)14-24(23)19-37)2-4-28(31)32-16-29-33(43-32)27(6-9-36-29)20-3-5-30(22(12-20)17-35)42-26-7-10-41-11-8-26/h2-6,9,12,15-16,23-26,38H,7-8,10-11,13-14,18-19H2,1H3/t23-,24+,25-. The molecule has 2 aromatic carbocycles. The van der Waals surface area contributed by atoms with Gasteiger partial charge in [-0.2, -0.15) is 5.26 Å². The van der Waals surface area contributed by atoms with Gasteiger partial charge in [-0.3, -0.25) is 9.78 Å². The van der Waals surface area contributed by atoms with Crippen LogP contribution in [0.4, 0.5) is 0 Å². The molecule has 1 aliphatic carbocycles. The third-order valence-electron chi connectivity index (χ3n) is 9.01. The monoisotopic (exact) mass is 579 g/mol. The van der Waals surface area contributed by atoms with E-state index >= 15 is 0 Å². The molecule has 4 aromatic rings. The molecule has 2 aromatic heterocycles. The minimum atomic E-state index is -0.241. The largest absolute Gasteiger partial charge is 0.496 e. The Hall–Kier alpha value is -4.39. The maximum atomic E-state index is 13.3. The number of fused-ring (bicyclic) bond motifs is 2. The fourth-order valence-corrected chi connectivity index (χ4v) is 6.80. The van der Waals surface area contributed by atoms with Gasteiger partial charge in [0.25, 0.3) is 5.91 Å². The molecule has 4 heterocycles.